The van der Waals surface area contributed by atoms with Crippen LogP contribution in [0.2, 0.25) is 10.0 Å². The minimum Gasteiger partial charge on any atom is -0.482 e. The first-order valence-electron chi connectivity index (χ1n) is 8.83. The van der Waals surface area contributed by atoms with Gasteiger partial charge in [0.2, 0.25) is 4.80 Å². The number of hydrogen-bond donors (Lipinski definition) is 1. The van der Waals surface area contributed by atoms with E-state index < -0.39 is 0 Å². The number of hydrogen-bond acceptors (Lipinski definition) is 5. The van der Waals surface area contributed by atoms with Crippen molar-refractivity contribution in [2.24, 2.45) is 10.1 Å². The van der Waals surface area contributed by atoms with Gasteiger partial charge >= 0.3 is 0 Å². The maximum Gasteiger partial charge on any atom is 0.262 e. The van der Waals surface area contributed by atoms with E-state index in [9.17, 15) is 4.79 Å². The van der Waals surface area contributed by atoms with E-state index in [2.05, 4.69) is 15.4 Å². The summed E-state index contributed by atoms with van der Waals surface area (Å²) in [6.07, 6.45) is 1.66. The van der Waals surface area contributed by atoms with Gasteiger partial charge in [-0.1, -0.05) is 35.3 Å². The lowest BCUT2D eigenvalue weighted by atomic mass is 10.1. The van der Waals surface area contributed by atoms with Crippen LogP contribution in [0.25, 0.3) is 11.3 Å². The predicted molar refractivity (Wildman–Crippen MR) is 117 cm³/mol. The molecule has 0 radical (unpaired) electrons. The van der Waals surface area contributed by atoms with Gasteiger partial charge in [-0.2, -0.15) is 5.10 Å². The second-order valence-electron chi connectivity index (χ2n) is 6.13. The minimum absolute atomic E-state index is 0.0228. The van der Waals surface area contributed by atoms with Gasteiger partial charge in [0.05, 0.1) is 27.6 Å². The van der Waals surface area contributed by atoms with Crippen LogP contribution in [-0.2, 0) is 4.79 Å². The predicted octanol–water partition coefficient (Wildman–Crippen LogP) is 4.66. The quantitative estimate of drug-likeness (QED) is 0.592. The number of carbonyl (C=O) groups excluding carboxylic acids is 1. The fourth-order valence-corrected chi connectivity index (χ4v) is 4.09. The molecular formula is C20H16Cl2N4O2S. The summed E-state index contributed by atoms with van der Waals surface area (Å²) in [7, 11) is 0. The highest BCUT2D eigenvalue weighted by atomic mass is 35.5. The molecule has 0 unspecified atom stereocenters. The van der Waals surface area contributed by atoms with Crippen molar-refractivity contribution in [1.29, 1.82) is 0 Å². The Morgan fingerprint density at radius 2 is 2.17 bits per heavy atom. The number of aromatic nitrogens is 1. The van der Waals surface area contributed by atoms with E-state index in [4.69, 9.17) is 27.9 Å². The van der Waals surface area contributed by atoms with Gasteiger partial charge in [0.1, 0.15) is 5.75 Å². The Labute approximate surface area is 181 Å². The first-order valence-corrected chi connectivity index (χ1v) is 10.5. The number of fused-ring (bicyclic) bond motifs is 1. The number of amides is 1. The smallest absolute Gasteiger partial charge is 0.262 e. The Balaban J connectivity index is 1.79. The second kappa shape index (κ2) is 8.41. The van der Waals surface area contributed by atoms with Crippen LogP contribution in [0.3, 0.4) is 0 Å². The molecule has 0 saturated heterocycles. The average molecular weight is 447 g/mol. The van der Waals surface area contributed by atoms with Gasteiger partial charge in [0, 0.05) is 23.1 Å². The molecule has 29 heavy (non-hydrogen) atoms. The highest BCUT2D eigenvalue weighted by Gasteiger charge is 2.17. The van der Waals surface area contributed by atoms with Gasteiger partial charge in [-0.3, -0.25) is 9.79 Å². The Hall–Kier alpha value is -2.61. The highest BCUT2D eigenvalue weighted by Crippen LogP contribution is 2.33. The average Bonchev–Trinajstić information content (AvgIpc) is 3.11. The van der Waals surface area contributed by atoms with E-state index in [1.54, 1.807) is 17.0 Å². The molecule has 2 aromatic carbocycles. The monoisotopic (exact) mass is 446 g/mol. The van der Waals surface area contributed by atoms with Crippen LogP contribution < -0.4 is 14.9 Å². The van der Waals surface area contributed by atoms with E-state index in [1.807, 2.05) is 42.6 Å². The van der Waals surface area contributed by atoms with Gasteiger partial charge < -0.3 is 10.1 Å². The van der Waals surface area contributed by atoms with Crippen molar-refractivity contribution in [3.63, 3.8) is 0 Å². The lowest BCUT2D eigenvalue weighted by molar-refractivity contribution is -0.118. The van der Waals surface area contributed by atoms with Crippen molar-refractivity contribution in [3.8, 4) is 17.0 Å². The number of halogens is 2. The summed E-state index contributed by atoms with van der Waals surface area (Å²) in [6.45, 7) is 2.61. The van der Waals surface area contributed by atoms with Gasteiger partial charge in [-0.05, 0) is 31.2 Å². The third kappa shape index (κ3) is 4.07. The number of benzene rings is 2. The lowest BCUT2D eigenvalue weighted by Crippen LogP contribution is -2.25. The van der Waals surface area contributed by atoms with E-state index in [-0.39, 0.29) is 12.5 Å². The summed E-state index contributed by atoms with van der Waals surface area (Å²) in [5.41, 5.74) is 3.04. The lowest BCUT2D eigenvalue weighted by Gasteiger charge is -2.18. The van der Waals surface area contributed by atoms with Crippen molar-refractivity contribution in [2.45, 2.75) is 6.92 Å². The van der Waals surface area contributed by atoms with Gasteiger partial charge in [-0.15, -0.1) is 11.3 Å². The molecule has 0 atom stereocenters. The topological polar surface area (TPSA) is 68.0 Å². The molecule has 0 bridgehead atoms. The summed E-state index contributed by atoms with van der Waals surface area (Å²) < 4.78 is 7.19. The largest absolute Gasteiger partial charge is 0.482 e. The number of nitrogens with zero attached hydrogens (tertiary/aromatic N) is 3. The van der Waals surface area contributed by atoms with Crippen molar-refractivity contribution in [3.05, 3.63) is 62.2 Å². The van der Waals surface area contributed by atoms with Gasteiger partial charge in [-0.25, -0.2) is 4.68 Å². The zero-order valence-electron chi connectivity index (χ0n) is 15.4. The fraction of sp³-hybridized carbons (Fsp3) is 0.150. The fourth-order valence-electron chi connectivity index (χ4n) is 2.84. The van der Waals surface area contributed by atoms with E-state index in [1.165, 1.54) is 11.3 Å². The standard InChI is InChI=1S/C20H16Cl2N4O2S/c1-2-23-20-26(24-9-13-4-3-5-14(21)19(13)22)16(11-29-20)12-6-7-17-15(8-12)25-18(27)10-28-17/h3-9,11H,2,10H2,1H3,(H,25,27). The maximum absolute atomic E-state index is 11.6. The number of carbonyl (C=O) groups is 1. The number of anilines is 1. The van der Waals surface area contributed by atoms with Crippen LogP contribution in [-0.4, -0.2) is 29.9 Å². The van der Waals surface area contributed by atoms with Crippen LogP contribution in [0.5, 0.6) is 5.75 Å². The van der Waals surface area contributed by atoms with E-state index >= 15 is 0 Å². The Morgan fingerprint density at radius 1 is 1.31 bits per heavy atom. The van der Waals surface area contributed by atoms with E-state index in [0.29, 0.717) is 33.6 Å². The molecular weight excluding hydrogens is 431 g/mol. The van der Waals surface area contributed by atoms with Crippen LogP contribution in [0.1, 0.15) is 12.5 Å². The first-order chi connectivity index (χ1) is 14.1. The molecule has 1 aromatic heterocycles. The number of ether oxygens (including phenoxy) is 1. The molecule has 0 aliphatic carbocycles. The molecule has 148 valence electrons. The zero-order valence-corrected chi connectivity index (χ0v) is 17.7. The molecule has 3 aromatic rings. The third-order valence-corrected chi connectivity index (χ3v) is 5.87. The molecule has 6 nitrogen and oxygen atoms in total. The van der Waals surface area contributed by atoms with Crippen LogP contribution in [0, 0.1) is 0 Å². The second-order valence-corrected chi connectivity index (χ2v) is 7.75. The van der Waals surface area contributed by atoms with Crippen molar-refractivity contribution < 1.29 is 9.53 Å². The van der Waals surface area contributed by atoms with E-state index in [0.717, 1.165) is 16.1 Å². The molecule has 4 rings (SSSR count). The van der Waals surface area contributed by atoms with Crippen LogP contribution in [0.15, 0.2) is 51.9 Å². The highest BCUT2D eigenvalue weighted by molar-refractivity contribution is 7.07. The first kappa shape index (κ1) is 19.7. The zero-order chi connectivity index (χ0) is 20.4. The third-order valence-electron chi connectivity index (χ3n) is 4.18. The number of thiazole rings is 1. The molecule has 1 N–H and O–H groups in total. The summed E-state index contributed by atoms with van der Waals surface area (Å²) in [6, 6.07) is 11.0. The van der Waals surface area contributed by atoms with Gasteiger partial charge in [0.15, 0.2) is 6.61 Å². The Bertz CT molecular complexity index is 1180. The summed E-state index contributed by atoms with van der Waals surface area (Å²) in [5.74, 6) is 0.464. The molecule has 9 heteroatoms. The normalized spacial score (nSPS) is 14.0. The van der Waals surface area contributed by atoms with Crippen LogP contribution in [0.4, 0.5) is 5.69 Å². The molecule has 1 aliphatic heterocycles. The van der Waals surface area contributed by atoms with Gasteiger partial charge in [0.25, 0.3) is 5.91 Å². The van der Waals surface area contributed by atoms with Crippen LogP contribution >= 0.6 is 34.5 Å². The molecule has 1 aliphatic rings. The molecule has 2 heterocycles. The maximum atomic E-state index is 11.6. The number of rotatable bonds is 4. The summed E-state index contributed by atoms with van der Waals surface area (Å²) in [4.78, 5) is 16.9. The van der Waals surface area contributed by atoms with Crippen molar-refractivity contribution >= 4 is 52.3 Å². The summed E-state index contributed by atoms with van der Waals surface area (Å²) in [5, 5.41) is 10.3. The minimum atomic E-state index is -0.178. The van der Waals surface area contributed by atoms with Crippen molar-refractivity contribution in [1.82, 2.24) is 4.68 Å². The molecule has 0 spiro atoms. The Kier molecular flexibility index (Phi) is 5.71. The van der Waals surface area contributed by atoms with Crippen molar-refractivity contribution in [2.75, 3.05) is 18.5 Å². The SMILES string of the molecule is CCN=c1scc(-c2ccc3c(c2)NC(=O)CO3)n1N=Cc1cccc(Cl)c1Cl. The molecule has 1 amide bonds. The Morgan fingerprint density at radius 3 is 3.00 bits per heavy atom. The summed E-state index contributed by atoms with van der Waals surface area (Å²) >= 11 is 13.9. The molecule has 0 saturated carbocycles. The number of nitrogens with one attached hydrogen (secondary N) is 1. The molecule has 0 fully saturated rings.